The number of nitrogens with zero attached hydrogens (tertiary/aromatic N) is 2. The van der Waals surface area contributed by atoms with Gasteiger partial charge in [0.2, 0.25) is 5.91 Å². The third kappa shape index (κ3) is 2.92. The SMILES string of the molecule is Cc1ccc(=O)n(C(C)C(=O)NC(C)C)n1. The Balaban J connectivity index is 2.96. The molecular formula is C11H17N3O2. The zero-order valence-corrected chi connectivity index (χ0v) is 10.0. The number of carbonyl (C=O) groups excluding carboxylic acids is 1. The summed E-state index contributed by atoms with van der Waals surface area (Å²) in [4.78, 5) is 23.2. The summed E-state index contributed by atoms with van der Waals surface area (Å²) in [6.07, 6.45) is 0. The molecule has 1 heterocycles. The first-order valence-electron chi connectivity index (χ1n) is 5.28. The van der Waals surface area contributed by atoms with Crippen molar-refractivity contribution in [3.8, 4) is 0 Å². The van der Waals surface area contributed by atoms with E-state index >= 15 is 0 Å². The minimum Gasteiger partial charge on any atom is -0.352 e. The fraction of sp³-hybridized carbons (Fsp3) is 0.545. The maximum atomic E-state index is 11.7. The Bertz CT molecular complexity index is 437. The molecule has 0 fully saturated rings. The van der Waals surface area contributed by atoms with E-state index in [9.17, 15) is 9.59 Å². The summed E-state index contributed by atoms with van der Waals surface area (Å²) >= 11 is 0. The standard InChI is InChI=1S/C11H17N3O2/c1-7(2)12-11(16)9(4)14-10(15)6-5-8(3)13-14/h5-7,9H,1-4H3,(H,12,16). The van der Waals surface area contributed by atoms with Crippen LogP contribution in [0.2, 0.25) is 0 Å². The van der Waals surface area contributed by atoms with Crippen molar-refractivity contribution in [2.24, 2.45) is 0 Å². The van der Waals surface area contributed by atoms with Crippen molar-refractivity contribution in [1.82, 2.24) is 15.1 Å². The Kier molecular flexibility index (Phi) is 3.82. The molecule has 0 spiro atoms. The Morgan fingerprint density at radius 2 is 2.00 bits per heavy atom. The van der Waals surface area contributed by atoms with E-state index in [0.29, 0.717) is 5.69 Å². The van der Waals surface area contributed by atoms with Crippen LogP contribution in [0.25, 0.3) is 0 Å². The number of hydrogen-bond acceptors (Lipinski definition) is 3. The molecule has 1 amide bonds. The number of aromatic nitrogens is 2. The zero-order valence-electron chi connectivity index (χ0n) is 10.0. The number of amides is 1. The van der Waals surface area contributed by atoms with Crippen molar-refractivity contribution in [3.05, 3.63) is 28.2 Å². The van der Waals surface area contributed by atoms with Crippen LogP contribution in [0.4, 0.5) is 0 Å². The van der Waals surface area contributed by atoms with Crippen LogP contribution in [0.15, 0.2) is 16.9 Å². The van der Waals surface area contributed by atoms with Crippen LogP contribution in [0.1, 0.15) is 32.5 Å². The molecule has 0 aliphatic heterocycles. The molecule has 0 saturated carbocycles. The largest absolute Gasteiger partial charge is 0.352 e. The predicted octanol–water partition coefficient (Wildman–Crippen LogP) is 0.637. The molecule has 1 aromatic heterocycles. The van der Waals surface area contributed by atoms with Crippen molar-refractivity contribution < 1.29 is 4.79 Å². The van der Waals surface area contributed by atoms with E-state index < -0.39 is 6.04 Å². The van der Waals surface area contributed by atoms with Crippen molar-refractivity contribution in [2.45, 2.75) is 39.8 Å². The Hall–Kier alpha value is -1.65. The fourth-order valence-corrected chi connectivity index (χ4v) is 1.31. The van der Waals surface area contributed by atoms with Crippen LogP contribution in [0.3, 0.4) is 0 Å². The normalized spacial score (nSPS) is 12.6. The van der Waals surface area contributed by atoms with Crippen LogP contribution < -0.4 is 10.9 Å². The van der Waals surface area contributed by atoms with Gasteiger partial charge >= 0.3 is 0 Å². The van der Waals surface area contributed by atoms with E-state index in [4.69, 9.17) is 0 Å². The van der Waals surface area contributed by atoms with Crippen molar-refractivity contribution in [1.29, 1.82) is 0 Å². The Morgan fingerprint density at radius 1 is 1.38 bits per heavy atom. The lowest BCUT2D eigenvalue weighted by Gasteiger charge is -2.15. The smallest absolute Gasteiger partial charge is 0.267 e. The maximum Gasteiger partial charge on any atom is 0.267 e. The topological polar surface area (TPSA) is 64.0 Å². The van der Waals surface area contributed by atoms with Gasteiger partial charge in [-0.05, 0) is 33.8 Å². The van der Waals surface area contributed by atoms with Gasteiger partial charge in [-0.15, -0.1) is 0 Å². The second kappa shape index (κ2) is 4.92. The summed E-state index contributed by atoms with van der Waals surface area (Å²) in [5.41, 5.74) is 0.445. The lowest BCUT2D eigenvalue weighted by Crippen LogP contribution is -2.39. The molecule has 0 bridgehead atoms. The number of aryl methyl sites for hydroxylation is 1. The highest BCUT2D eigenvalue weighted by Crippen LogP contribution is 2.01. The molecule has 1 N–H and O–H groups in total. The predicted molar refractivity (Wildman–Crippen MR) is 61.2 cm³/mol. The summed E-state index contributed by atoms with van der Waals surface area (Å²) in [7, 11) is 0. The van der Waals surface area contributed by atoms with E-state index in [1.54, 1.807) is 19.9 Å². The number of carbonyl (C=O) groups is 1. The average Bonchev–Trinajstić information content (AvgIpc) is 2.19. The highest BCUT2D eigenvalue weighted by Gasteiger charge is 2.17. The van der Waals surface area contributed by atoms with Gasteiger partial charge in [0.15, 0.2) is 0 Å². The van der Waals surface area contributed by atoms with Crippen LogP contribution in [-0.4, -0.2) is 21.7 Å². The molecule has 0 aliphatic carbocycles. The third-order valence-electron chi connectivity index (χ3n) is 2.14. The Morgan fingerprint density at radius 3 is 2.56 bits per heavy atom. The summed E-state index contributed by atoms with van der Waals surface area (Å²) < 4.78 is 1.20. The molecule has 5 nitrogen and oxygen atoms in total. The molecule has 1 unspecified atom stereocenters. The van der Waals surface area contributed by atoms with Gasteiger partial charge in [-0.1, -0.05) is 0 Å². The fourth-order valence-electron chi connectivity index (χ4n) is 1.31. The summed E-state index contributed by atoms with van der Waals surface area (Å²) in [6, 6.07) is 2.51. The van der Waals surface area contributed by atoms with Crippen molar-refractivity contribution in [3.63, 3.8) is 0 Å². The van der Waals surface area contributed by atoms with Crippen LogP contribution >= 0.6 is 0 Å². The molecule has 0 radical (unpaired) electrons. The molecule has 0 aromatic carbocycles. The second-order valence-electron chi connectivity index (χ2n) is 4.10. The summed E-state index contributed by atoms with van der Waals surface area (Å²) in [5.74, 6) is -0.199. The second-order valence-corrected chi connectivity index (χ2v) is 4.10. The van der Waals surface area contributed by atoms with Gasteiger partial charge in [0.05, 0.1) is 5.69 Å². The minimum atomic E-state index is -0.588. The van der Waals surface area contributed by atoms with Gasteiger partial charge in [-0.3, -0.25) is 9.59 Å². The molecule has 5 heteroatoms. The lowest BCUT2D eigenvalue weighted by molar-refractivity contribution is -0.124. The number of rotatable bonds is 3. The highest BCUT2D eigenvalue weighted by molar-refractivity contribution is 5.79. The van der Waals surface area contributed by atoms with E-state index in [2.05, 4.69) is 10.4 Å². The van der Waals surface area contributed by atoms with Crippen molar-refractivity contribution >= 4 is 5.91 Å². The monoisotopic (exact) mass is 223 g/mol. The first kappa shape index (κ1) is 12.4. The van der Waals surface area contributed by atoms with Gasteiger partial charge < -0.3 is 5.32 Å². The summed E-state index contributed by atoms with van der Waals surface area (Å²) in [6.45, 7) is 7.18. The zero-order chi connectivity index (χ0) is 12.3. The molecule has 16 heavy (non-hydrogen) atoms. The van der Waals surface area contributed by atoms with Crippen LogP contribution in [0.5, 0.6) is 0 Å². The van der Waals surface area contributed by atoms with E-state index in [-0.39, 0.29) is 17.5 Å². The Labute approximate surface area is 94.5 Å². The van der Waals surface area contributed by atoms with E-state index in [1.807, 2.05) is 13.8 Å². The number of hydrogen-bond donors (Lipinski definition) is 1. The summed E-state index contributed by atoms with van der Waals surface area (Å²) in [5, 5.41) is 6.79. The lowest BCUT2D eigenvalue weighted by atomic mass is 10.3. The average molecular weight is 223 g/mol. The maximum absolute atomic E-state index is 11.7. The third-order valence-corrected chi connectivity index (χ3v) is 2.14. The first-order chi connectivity index (χ1) is 7.41. The molecule has 0 aliphatic rings. The van der Waals surface area contributed by atoms with Gasteiger partial charge in [0.1, 0.15) is 6.04 Å². The molecule has 1 aromatic rings. The minimum absolute atomic E-state index is 0.0514. The molecule has 88 valence electrons. The van der Waals surface area contributed by atoms with Crippen LogP contribution in [0, 0.1) is 6.92 Å². The van der Waals surface area contributed by atoms with E-state index in [1.165, 1.54) is 10.7 Å². The molecule has 1 atom stereocenters. The highest BCUT2D eigenvalue weighted by atomic mass is 16.2. The van der Waals surface area contributed by atoms with Gasteiger partial charge in [-0.2, -0.15) is 5.10 Å². The molecule has 0 saturated heterocycles. The first-order valence-corrected chi connectivity index (χ1v) is 5.28. The van der Waals surface area contributed by atoms with Gasteiger partial charge in [-0.25, -0.2) is 4.68 Å². The van der Waals surface area contributed by atoms with Gasteiger partial charge in [0.25, 0.3) is 5.56 Å². The number of nitrogens with one attached hydrogen (secondary N) is 1. The van der Waals surface area contributed by atoms with Crippen LogP contribution in [-0.2, 0) is 4.79 Å². The van der Waals surface area contributed by atoms with E-state index in [0.717, 1.165) is 0 Å². The van der Waals surface area contributed by atoms with Gasteiger partial charge in [0, 0.05) is 12.1 Å². The molecule has 1 rings (SSSR count). The molecular weight excluding hydrogens is 206 g/mol. The quantitative estimate of drug-likeness (QED) is 0.817. The van der Waals surface area contributed by atoms with Crippen molar-refractivity contribution in [2.75, 3.05) is 0 Å².